The molecule has 3 rings (SSSR count). The van der Waals surface area contributed by atoms with Crippen LogP contribution in [0.15, 0.2) is 24.3 Å². The molecule has 1 unspecified atom stereocenters. The molecule has 2 heterocycles. The second-order valence-electron chi connectivity index (χ2n) is 7.60. The fourth-order valence-electron chi connectivity index (χ4n) is 4.07. The Kier molecular flexibility index (Phi) is 5.51. The molecule has 1 aromatic rings. The average molecular weight is 360 g/mol. The fraction of sp³-hybridized carbons (Fsp3) is 0.600. The van der Waals surface area contributed by atoms with Gasteiger partial charge in [-0.2, -0.15) is 0 Å². The lowest BCUT2D eigenvalue weighted by Gasteiger charge is -2.37. The highest BCUT2D eigenvalue weighted by atomic mass is 16.5. The number of rotatable bonds is 4. The quantitative estimate of drug-likeness (QED) is 0.893. The Hall–Kier alpha value is -2.08. The van der Waals surface area contributed by atoms with Crippen LogP contribution < -0.4 is 10.1 Å². The van der Waals surface area contributed by atoms with Crippen molar-refractivity contribution in [3.8, 4) is 5.75 Å². The first kappa shape index (κ1) is 18.7. The molecule has 6 nitrogen and oxygen atoms in total. The lowest BCUT2D eigenvalue weighted by atomic mass is 9.71. The lowest BCUT2D eigenvalue weighted by Crippen LogP contribution is -2.46. The van der Waals surface area contributed by atoms with Gasteiger partial charge in [-0.25, -0.2) is 0 Å². The smallest absolute Gasteiger partial charge is 0.253 e. The van der Waals surface area contributed by atoms with Crippen molar-refractivity contribution in [2.24, 2.45) is 11.3 Å². The molecule has 1 spiro atoms. The number of hydrogen-bond acceptors (Lipinski definition) is 4. The Balaban J connectivity index is 1.80. The first-order chi connectivity index (χ1) is 12.4. The molecule has 0 bridgehead atoms. The van der Waals surface area contributed by atoms with Crippen molar-refractivity contribution >= 4 is 11.8 Å². The molecule has 1 aromatic carbocycles. The Labute approximate surface area is 154 Å². The maximum Gasteiger partial charge on any atom is 0.253 e. The number of benzene rings is 1. The third-order valence-corrected chi connectivity index (χ3v) is 5.51. The number of nitrogens with zero attached hydrogens (tertiary/aromatic N) is 1. The molecule has 2 amide bonds. The fourth-order valence-corrected chi connectivity index (χ4v) is 4.07. The summed E-state index contributed by atoms with van der Waals surface area (Å²) < 4.78 is 10.7. The minimum atomic E-state index is -0.184. The van der Waals surface area contributed by atoms with E-state index in [-0.39, 0.29) is 29.2 Å². The normalized spacial score (nSPS) is 21.8. The Morgan fingerprint density at radius 2 is 1.88 bits per heavy atom. The van der Waals surface area contributed by atoms with Gasteiger partial charge in [0.15, 0.2) is 0 Å². The van der Waals surface area contributed by atoms with Gasteiger partial charge in [0.05, 0.1) is 13.0 Å². The second-order valence-corrected chi connectivity index (χ2v) is 7.60. The van der Waals surface area contributed by atoms with Gasteiger partial charge in [-0.05, 0) is 51.0 Å². The minimum Gasteiger partial charge on any atom is -0.497 e. The van der Waals surface area contributed by atoms with Gasteiger partial charge in [0.2, 0.25) is 5.91 Å². The molecule has 0 radical (unpaired) electrons. The van der Waals surface area contributed by atoms with Crippen LogP contribution in [0.3, 0.4) is 0 Å². The highest BCUT2D eigenvalue weighted by molar-refractivity contribution is 5.95. The van der Waals surface area contributed by atoms with Crippen LogP contribution in [0, 0.1) is 11.3 Å². The summed E-state index contributed by atoms with van der Waals surface area (Å²) in [6.07, 6.45) is 1.63. The van der Waals surface area contributed by atoms with E-state index in [0.29, 0.717) is 31.9 Å². The van der Waals surface area contributed by atoms with Crippen molar-refractivity contribution in [2.45, 2.75) is 32.7 Å². The van der Waals surface area contributed by atoms with Gasteiger partial charge in [-0.15, -0.1) is 0 Å². The first-order valence-electron chi connectivity index (χ1n) is 9.27. The number of carbonyl (C=O) groups excluding carboxylic acids is 2. The molecule has 0 saturated carbocycles. The monoisotopic (exact) mass is 360 g/mol. The number of nitrogens with one attached hydrogen (secondary N) is 1. The van der Waals surface area contributed by atoms with Crippen LogP contribution in [0.4, 0.5) is 0 Å². The summed E-state index contributed by atoms with van der Waals surface area (Å²) in [5.41, 5.74) is 0.442. The maximum atomic E-state index is 13.0. The van der Waals surface area contributed by atoms with Crippen LogP contribution in [-0.4, -0.2) is 56.2 Å². The molecule has 0 aliphatic carbocycles. The number of hydrogen-bond donors (Lipinski definition) is 1. The van der Waals surface area contributed by atoms with E-state index < -0.39 is 0 Å². The molecule has 0 aromatic heterocycles. The van der Waals surface area contributed by atoms with E-state index in [2.05, 4.69) is 5.32 Å². The van der Waals surface area contributed by atoms with Crippen molar-refractivity contribution in [3.63, 3.8) is 0 Å². The summed E-state index contributed by atoms with van der Waals surface area (Å²) in [6.45, 7) is 6.29. The van der Waals surface area contributed by atoms with Crippen molar-refractivity contribution in [1.82, 2.24) is 10.2 Å². The van der Waals surface area contributed by atoms with Crippen LogP contribution in [-0.2, 0) is 9.53 Å². The van der Waals surface area contributed by atoms with Crippen LogP contribution >= 0.6 is 0 Å². The van der Waals surface area contributed by atoms with Crippen LogP contribution in [0.5, 0.6) is 5.75 Å². The number of carbonyl (C=O) groups is 2. The number of ether oxygens (including phenoxy) is 2. The van der Waals surface area contributed by atoms with E-state index in [1.54, 1.807) is 31.4 Å². The van der Waals surface area contributed by atoms with Crippen LogP contribution in [0.2, 0.25) is 0 Å². The summed E-state index contributed by atoms with van der Waals surface area (Å²) in [7, 11) is 1.60. The summed E-state index contributed by atoms with van der Waals surface area (Å²) in [5.74, 6) is 0.555. The van der Waals surface area contributed by atoms with Gasteiger partial charge in [-0.1, -0.05) is 0 Å². The number of methoxy groups -OCH3 is 1. The highest BCUT2D eigenvalue weighted by Crippen LogP contribution is 2.44. The van der Waals surface area contributed by atoms with Gasteiger partial charge < -0.3 is 19.7 Å². The zero-order valence-corrected chi connectivity index (χ0v) is 15.8. The van der Waals surface area contributed by atoms with Gasteiger partial charge in [0.25, 0.3) is 5.91 Å². The minimum absolute atomic E-state index is 0.0293. The van der Waals surface area contributed by atoms with Crippen LogP contribution in [0.1, 0.15) is 37.0 Å². The molecule has 2 saturated heterocycles. The highest BCUT2D eigenvalue weighted by Gasteiger charge is 2.51. The lowest BCUT2D eigenvalue weighted by molar-refractivity contribution is -0.130. The summed E-state index contributed by atoms with van der Waals surface area (Å²) in [6, 6.07) is 7.22. The van der Waals surface area contributed by atoms with Gasteiger partial charge in [-0.3, -0.25) is 9.59 Å². The van der Waals surface area contributed by atoms with E-state index >= 15 is 0 Å². The predicted molar refractivity (Wildman–Crippen MR) is 98.2 cm³/mol. The third-order valence-electron chi connectivity index (χ3n) is 5.51. The van der Waals surface area contributed by atoms with Gasteiger partial charge >= 0.3 is 0 Å². The molecule has 142 valence electrons. The molecule has 2 aliphatic rings. The second kappa shape index (κ2) is 7.66. The summed E-state index contributed by atoms with van der Waals surface area (Å²) >= 11 is 0. The largest absolute Gasteiger partial charge is 0.497 e. The SMILES string of the molecule is COc1ccc(C(=O)N2CC(C(=O)NC(C)C)C3(CCOCC3)C2)cc1. The topological polar surface area (TPSA) is 67.9 Å². The zero-order valence-electron chi connectivity index (χ0n) is 15.8. The molecule has 2 fully saturated rings. The molecule has 26 heavy (non-hydrogen) atoms. The van der Waals surface area contributed by atoms with Crippen molar-refractivity contribution in [3.05, 3.63) is 29.8 Å². The van der Waals surface area contributed by atoms with E-state index in [9.17, 15) is 9.59 Å². The number of amides is 2. The standard InChI is InChI=1S/C20H28N2O4/c1-14(2)21-18(23)17-12-22(13-20(17)8-10-26-11-9-20)19(24)15-4-6-16(25-3)7-5-15/h4-7,14,17H,8-13H2,1-3H3,(H,21,23). The molecule has 2 aliphatic heterocycles. The van der Waals surface area contributed by atoms with E-state index in [0.717, 1.165) is 18.6 Å². The molecular formula is C20H28N2O4. The van der Waals surface area contributed by atoms with Gasteiger partial charge in [0.1, 0.15) is 5.75 Å². The third kappa shape index (κ3) is 3.70. The van der Waals surface area contributed by atoms with Crippen molar-refractivity contribution in [1.29, 1.82) is 0 Å². The van der Waals surface area contributed by atoms with Crippen molar-refractivity contribution in [2.75, 3.05) is 33.4 Å². The zero-order chi connectivity index (χ0) is 18.7. The first-order valence-corrected chi connectivity index (χ1v) is 9.27. The Morgan fingerprint density at radius 1 is 1.23 bits per heavy atom. The molecule has 1 N–H and O–H groups in total. The van der Waals surface area contributed by atoms with Crippen molar-refractivity contribution < 1.29 is 19.1 Å². The average Bonchev–Trinajstić information content (AvgIpc) is 3.00. The van der Waals surface area contributed by atoms with E-state index in [1.807, 2.05) is 18.7 Å². The van der Waals surface area contributed by atoms with E-state index in [1.165, 1.54) is 0 Å². The summed E-state index contributed by atoms with van der Waals surface area (Å²) in [4.78, 5) is 27.6. The van der Waals surface area contributed by atoms with Gasteiger partial charge in [0, 0.05) is 43.3 Å². The molecule has 1 atom stereocenters. The molecular weight excluding hydrogens is 332 g/mol. The maximum absolute atomic E-state index is 13.0. The van der Waals surface area contributed by atoms with E-state index in [4.69, 9.17) is 9.47 Å². The Bertz CT molecular complexity index is 650. The summed E-state index contributed by atoms with van der Waals surface area (Å²) in [5, 5.41) is 3.04. The van der Waals surface area contributed by atoms with Crippen LogP contribution in [0.25, 0.3) is 0 Å². The predicted octanol–water partition coefficient (Wildman–Crippen LogP) is 2.09. The number of likely N-dealkylation sites (tertiary alicyclic amines) is 1. The Morgan fingerprint density at radius 3 is 2.46 bits per heavy atom. The molecule has 6 heteroatoms.